The first-order chi connectivity index (χ1) is 10.8. The number of carbonyl (C=O) groups is 2. The zero-order chi connectivity index (χ0) is 17.0. The van der Waals surface area contributed by atoms with Crippen molar-refractivity contribution < 1.29 is 9.59 Å². The molecule has 6 heteroatoms. The standard InChI is InChI=1S/C17H19N3O2S/c1-12(21)19-14-6-4-13(5-7-14)17(22)20-15-8-10-16(11-9-15)23(2,3)18/h4-11H,2-3,18H2,1H3,(H,19,21)(H,20,22). The summed E-state index contributed by atoms with van der Waals surface area (Å²) in [5.74, 6) is 7.29. The first kappa shape index (κ1) is 16.8. The first-order valence-electron chi connectivity index (χ1n) is 6.82. The van der Waals surface area contributed by atoms with Crippen molar-refractivity contribution in [3.05, 3.63) is 54.1 Å². The van der Waals surface area contributed by atoms with Gasteiger partial charge in [-0.2, -0.15) is 0 Å². The van der Waals surface area contributed by atoms with Crippen molar-refractivity contribution in [2.24, 2.45) is 5.14 Å². The molecule has 0 aliphatic carbocycles. The number of rotatable bonds is 4. The van der Waals surface area contributed by atoms with Crippen LogP contribution in [0.15, 0.2) is 53.4 Å². The van der Waals surface area contributed by atoms with Crippen LogP contribution in [0.5, 0.6) is 0 Å². The van der Waals surface area contributed by atoms with Crippen LogP contribution in [-0.4, -0.2) is 23.6 Å². The zero-order valence-electron chi connectivity index (χ0n) is 12.8. The molecule has 0 saturated heterocycles. The van der Waals surface area contributed by atoms with E-state index in [1.54, 1.807) is 36.4 Å². The third kappa shape index (κ3) is 4.70. The predicted octanol–water partition coefficient (Wildman–Crippen LogP) is 2.80. The Morgan fingerprint density at radius 3 is 1.87 bits per heavy atom. The fraction of sp³-hybridized carbons (Fsp3) is 0.0588. The Morgan fingerprint density at radius 1 is 0.913 bits per heavy atom. The van der Waals surface area contributed by atoms with E-state index in [0.29, 0.717) is 16.9 Å². The minimum Gasteiger partial charge on any atom is -0.326 e. The van der Waals surface area contributed by atoms with Crippen LogP contribution >= 0.6 is 9.39 Å². The SMILES string of the molecule is C=S(=C)(N)c1ccc(NC(=O)c2ccc(NC(C)=O)cc2)cc1. The second-order valence-electron chi connectivity index (χ2n) is 5.18. The zero-order valence-corrected chi connectivity index (χ0v) is 13.7. The van der Waals surface area contributed by atoms with E-state index in [1.807, 2.05) is 12.1 Å². The van der Waals surface area contributed by atoms with Gasteiger partial charge in [-0.1, -0.05) is 11.7 Å². The molecule has 0 atom stereocenters. The van der Waals surface area contributed by atoms with Crippen molar-refractivity contribution in [2.45, 2.75) is 11.8 Å². The summed E-state index contributed by atoms with van der Waals surface area (Å²) in [6.07, 6.45) is 0. The molecule has 23 heavy (non-hydrogen) atoms. The molecule has 0 aromatic heterocycles. The van der Waals surface area contributed by atoms with E-state index >= 15 is 0 Å². The maximum atomic E-state index is 12.2. The second-order valence-corrected chi connectivity index (χ2v) is 7.54. The maximum Gasteiger partial charge on any atom is 0.255 e. The molecule has 5 nitrogen and oxygen atoms in total. The molecule has 0 spiro atoms. The molecule has 0 heterocycles. The number of nitrogens with one attached hydrogen (secondary N) is 2. The summed E-state index contributed by atoms with van der Waals surface area (Å²) >= 11 is 0. The van der Waals surface area contributed by atoms with Crippen LogP contribution in [0.4, 0.5) is 11.4 Å². The Morgan fingerprint density at radius 2 is 1.39 bits per heavy atom. The van der Waals surface area contributed by atoms with Crippen LogP contribution in [0, 0.1) is 0 Å². The molecule has 0 aliphatic heterocycles. The number of hydrogen-bond acceptors (Lipinski definition) is 3. The fourth-order valence-electron chi connectivity index (χ4n) is 1.92. The summed E-state index contributed by atoms with van der Waals surface area (Å²) in [5.41, 5.74) is 1.80. The van der Waals surface area contributed by atoms with Crippen LogP contribution in [0.2, 0.25) is 0 Å². The van der Waals surface area contributed by atoms with Crippen molar-refractivity contribution in [1.82, 2.24) is 0 Å². The minimum absolute atomic E-state index is 0.156. The van der Waals surface area contributed by atoms with Gasteiger partial charge in [0.05, 0.1) is 0 Å². The van der Waals surface area contributed by atoms with Crippen LogP contribution in [-0.2, 0) is 4.79 Å². The van der Waals surface area contributed by atoms with Gasteiger partial charge in [-0.3, -0.25) is 14.7 Å². The van der Waals surface area contributed by atoms with Gasteiger partial charge in [0.25, 0.3) is 5.91 Å². The topological polar surface area (TPSA) is 84.2 Å². The van der Waals surface area contributed by atoms with Gasteiger partial charge >= 0.3 is 0 Å². The second kappa shape index (κ2) is 6.68. The molecule has 2 amide bonds. The molecule has 2 rings (SSSR count). The summed E-state index contributed by atoms with van der Waals surface area (Å²) in [6.45, 7) is 1.43. The van der Waals surface area contributed by atoms with Gasteiger partial charge in [-0.15, -0.1) is 9.39 Å². The van der Waals surface area contributed by atoms with Crippen molar-refractivity contribution in [3.8, 4) is 0 Å². The normalized spacial score (nSPS) is 10.9. The van der Waals surface area contributed by atoms with Gasteiger partial charge in [0.15, 0.2) is 0 Å². The van der Waals surface area contributed by atoms with Crippen molar-refractivity contribution >= 4 is 44.3 Å². The van der Waals surface area contributed by atoms with Crippen LogP contribution in [0.25, 0.3) is 0 Å². The van der Waals surface area contributed by atoms with Crippen LogP contribution in [0.3, 0.4) is 0 Å². The van der Waals surface area contributed by atoms with Gasteiger partial charge in [0.1, 0.15) is 0 Å². The van der Waals surface area contributed by atoms with E-state index in [2.05, 4.69) is 22.4 Å². The number of benzene rings is 2. The largest absolute Gasteiger partial charge is 0.326 e. The molecule has 4 N–H and O–H groups in total. The smallest absolute Gasteiger partial charge is 0.255 e. The van der Waals surface area contributed by atoms with Gasteiger partial charge in [0.2, 0.25) is 5.91 Å². The van der Waals surface area contributed by atoms with Crippen LogP contribution in [0.1, 0.15) is 17.3 Å². The molecule has 0 aliphatic rings. The Labute approximate surface area is 136 Å². The molecule has 120 valence electrons. The molecule has 0 saturated carbocycles. The Bertz CT molecular complexity index is 823. The van der Waals surface area contributed by atoms with Crippen molar-refractivity contribution in [3.63, 3.8) is 0 Å². The van der Waals surface area contributed by atoms with Gasteiger partial charge in [-0.05, 0) is 48.5 Å². The Hall–Kier alpha value is -2.57. The lowest BCUT2D eigenvalue weighted by atomic mass is 10.2. The average molecular weight is 329 g/mol. The van der Waals surface area contributed by atoms with Crippen molar-refractivity contribution in [2.75, 3.05) is 10.6 Å². The van der Waals surface area contributed by atoms with E-state index in [-0.39, 0.29) is 11.8 Å². The molecule has 0 fully saturated rings. The van der Waals surface area contributed by atoms with E-state index in [0.717, 1.165) is 4.90 Å². The fourth-order valence-corrected chi connectivity index (χ4v) is 2.60. The third-order valence-corrected chi connectivity index (χ3v) is 4.26. The summed E-state index contributed by atoms with van der Waals surface area (Å²) in [5, 5.41) is 11.3. The highest BCUT2D eigenvalue weighted by molar-refractivity contribution is 8.26. The number of carbonyl (C=O) groups excluding carboxylic acids is 2. The highest BCUT2D eigenvalue weighted by atomic mass is 32.2. The van der Waals surface area contributed by atoms with E-state index in [4.69, 9.17) is 5.14 Å². The predicted molar refractivity (Wildman–Crippen MR) is 99.4 cm³/mol. The van der Waals surface area contributed by atoms with Crippen molar-refractivity contribution in [1.29, 1.82) is 0 Å². The summed E-state index contributed by atoms with van der Waals surface area (Å²) in [7, 11) is -1.76. The van der Waals surface area contributed by atoms with Gasteiger partial charge in [-0.25, -0.2) is 0 Å². The molecular formula is C17H19N3O2S. The van der Waals surface area contributed by atoms with E-state index in [9.17, 15) is 9.59 Å². The minimum atomic E-state index is -1.76. The molecule has 0 bridgehead atoms. The highest BCUT2D eigenvalue weighted by Crippen LogP contribution is 2.25. The number of amides is 2. The number of nitrogens with two attached hydrogens (primary N) is 1. The molecular weight excluding hydrogens is 310 g/mol. The Kier molecular flexibility index (Phi) is 4.88. The summed E-state index contributed by atoms with van der Waals surface area (Å²) in [4.78, 5) is 24.0. The van der Waals surface area contributed by atoms with Gasteiger partial charge in [0, 0.05) is 28.8 Å². The van der Waals surface area contributed by atoms with Gasteiger partial charge < -0.3 is 10.6 Å². The lowest BCUT2D eigenvalue weighted by molar-refractivity contribution is -0.114. The Balaban J connectivity index is 2.08. The molecule has 0 unspecified atom stereocenters. The van der Waals surface area contributed by atoms with E-state index in [1.165, 1.54) is 6.92 Å². The number of hydrogen-bond donors (Lipinski definition) is 3. The maximum absolute atomic E-state index is 12.2. The summed E-state index contributed by atoms with van der Waals surface area (Å²) < 4.78 is 0. The van der Waals surface area contributed by atoms with Crippen LogP contribution < -0.4 is 15.8 Å². The monoisotopic (exact) mass is 329 g/mol. The quantitative estimate of drug-likeness (QED) is 0.754. The van der Waals surface area contributed by atoms with E-state index < -0.39 is 9.39 Å². The molecule has 2 aromatic carbocycles. The third-order valence-electron chi connectivity index (χ3n) is 3.05. The first-order valence-corrected chi connectivity index (χ1v) is 8.85. The number of anilines is 2. The highest BCUT2D eigenvalue weighted by Gasteiger charge is 2.07. The molecule has 2 aromatic rings. The summed E-state index contributed by atoms with van der Waals surface area (Å²) in [6, 6.07) is 13.8. The lowest BCUT2D eigenvalue weighted by Gasteiger charge is -2.10. The lowest BCUT2D eigenvalue weighted by Crippen LogP contribution is -2.12. The molecule has 0 radical (unpaired) electrons. The average Bonchev–Trinajstić information content (AvgIpc) is 2.47.